The van der Waals surface area contributed by atoms with Crippen LogP contribution in [-0.2, 0) is 18.9 Å². The standard InChI is InChI=1S/C27H26N4O/c1-27(2,3)21-8-10-22(11-9-21)31-25(17-30(4)26(31)32)24-15-18(12-13-28-24)20-14-19-6-5-7-23(19)29-16-20/h5-6,8-17H,7H2,1-4H3. The summed E-state index contributed by atoms with van der Waals surface area (Å²) in [4.78, 5) is 22.2. The number of hydrogen-bond acceptors (Lipinski definition) is 3. The van der Waals surface area contributed by atoms with Gasteiger partial charge in [0.05, 0.1) is 22.8 Å². The fourth-order valence-electron chi connectivity index (χ4n) is 4.13. The van der Waals surface area contributed by atoms with Crippen LogP contribution in [0.2, 0.25) is 0 Å². The summed E-state index contributed by atoms with van der Waals surface area (Å²) in [6.45, 7) is 6.55. The van der Waals surface area contributed by atoms with E-state index in [1.54, 1.807) is 22.4 Å². The predicted molar refractivity (Wildman–Crippen MR) is 129 cm³/mol. The van der Waals surface area contributed by atoms with Gasteiger partial charge in [0.25, 0.3) is 0 Å². The summed E-state index contributed by atoms with van der Waals surface area (Å²) < 4.78 is 3.32. The number of pyridine rings is 2. The molecule has 1 aliphatic carbocycles. The summed E-state index contributed by atoms with van der Waals surface area (Å²) in [7, 11) is 1.77. The summed E-state index contributed by atoms with van der Waals surface area (Å²) in [6.07, 6.45) is 10.7. The lowest BCUT2D eigenvalue weighted by molar-refractivity contribution is 0.590. The molecule has 32 heavy (non-hydrogen) atoms. The fraction of sp³-hybridized carbons (Fsp3) is 0.222. The average molecular weight is 423 g/mol. The first-order valence-electron chi connectivity index (χ1n) is 10.8. The third-order valence-electron chi connectivity index (χ3n) is 6.01. The Labute approximate surface area is 187 Å². The van der Waals surface area contributed by atoms with E-state index in [0.29, 0.717) is 0 Å². The highest BCUT2D eigenvalue weighted by Gasteiger charge is 2.17. The molecule has 0 saturated heterocycles. The summed E-state index contributed by atoms with van der Waals surface area (Å²) in [5, 5.41) is 0. The van der Waals surface area contributed by atoms with E-state index in [4.69, 9.17) is 0 Å². The molecule has 0 bridgehead atoms. The number of rotatable bonds is 3. The molecule has 160 valence electrons. The molecule has 3 aromatic heterocycles. The van der Waals surface area contributed by atoms with Crippen molar-refractivity contribution in [1.82, 2.24) is 19.1 Å². The van der Waals surface area contributed by atoms with E-state index >= 15 is 0 Å². The van der Waals surface area contributed by atoms with Gasteiger partial charge in [0.15, 0.2) is 0 Å². The Morgan fingerprint density at radius 1 is 0.969 bits per heavy atom. The van der Waals surface area contributed by atoms with E-state index in [9.17, 15) is 4.79 Å². The van der Waals surface area contributed by atoms with Crippen molar-refractivity contribution in [2.75, 3.05) is 0 Å². The highest BCUT2D eigenvalue weighted by molar-refractivity contribution is 5.72. The zero-order valence-corrected chi connectivity index (χ0v) is 18.8. The summed E-state index contributed by atoms with van der Waals surface area (Å²) in [5.41, 5.74) is 7.86. The van der Waals surface area contributed by atoms with Crippen molar-refractivity contribution in [2.24, 2.45) is 7.05 Å². The molecule has 0 unspecified atom stereocenters. The molecule has 0 spiro atoms. The molecule has 0 N–H and O–H groups in total. The van der Waals surface area contributed by atoms with E-state index in [1.807, 2.05) is 36.7 Å². The molecule has 5 rings (SSSR count). The molecule has 4 aromatic rings. The van der Waals surface area contributed by atoms with Gasteiger partial charge in [0.2, 0.25) is 0 Å². The van der Waals surface area contributed by atoms with E-state index in [-0.39, 0.29) is 11.1 Å². The van der Waals surface area contributed by atoms with Crippen molar-refractivity contribution < 1.29 is 0 Å². The molecule has 0 saturated carbocycles. The van der Waals surface area contributed by atoms with Crippen molar-refractivity contribution in [1.29, 1.82) is 0 Å². The van der Waals surface area contributed by atoms with E-state index in [1.165, 1.54) is 5.56 Å². The van der Waals surface area contributed by atoms with Crippen LogP contribution in [-0.4, -0.2) is 19.1 Å². The molecular weight excluding hydrogens is 396 g/mol. The topological polar surface area (TPSA) is 52.7 Å². The SMILES string of the molecule is Cn1cc(-c2cc(-c3cnc4c(c3)C=CC4)ccn2)n(-c2ccc(C(C)(C)C)cc2)c1=O. The Balaban J connectivity index is 1.59. The van der Waals surface area contributed by atoms with Gasteiger partial charge in [-0.25, -0.2) is 4.79 Å². The Hall–Kier alpha value is -3.73. The number of aryl methyl sites for hydroxylation is 1. The minimum absolute atomic E-state index is 0.0536. The van der Waals surface area contributed by atoms with Gasteiger partial charge in [-0.15, -0.1) is 0 Å². The number of imidazole rings is 1. The van der Waals surface area contributed by atoms with Gasteiger partial charge < -0.3 is 4.57 Å². The van der Waals surface area contributed by atoms with E-state index in [0.717, 1.165) is 45.9 Å². The van der Waals surface area contributed by atoms with Crippen molar-refractivity contribution in [2.45, 2.75) is 32.6 Å². The quantitative estimate of drug-likeness (QED) is 0.458. The normalized spacial score (nSPS) is 12.9. The molecule has 5 nitrogen and oxygen atoms in total. The second-order valence-electron chi connectivity index (χ2n) is 9.34. The van der Waals surface area contributed by atoms with E-state index < -0.39 is 0 Å². The molecule has 5 heteroatoms. The number of allylic oxidation sites excluding steroid dienone is 1. The molecular formula is C27H26N4O. The average Bonchev–Trinajstić information content (AvgIpc) is 3.37. The lowest BCUT2D eigenvalue weighted by Crippen LogP contribution is -2.21. The Morgan fingerprint density at radius 3 is 2.50 bits per heavy atom. The fourth-order valence-corrected chi connectivity index (χ4v) is 4.13. The monoisotopic (exact) mass is 422 g/mol. The van der Waals surface area contributed by atoms with E-state index in [2.05, 4.69) is 61.1 Å². The summed E-state index contributed by atoms with van der Waals surface area (Å²) >= 11 is 0. The molecule has 0 radical (unpaired) electrons. The van der Waals surface area contributed by atoms with Crippen LogP contribution in [0.15, 0.2) is 71.9 Å². The number of nitrogens with zero attached hydrogens (tertiary/aromatic N) is 4. The van der Waals surface area contributed by atoms with Crippen LogP contribution in [0.3, 0.4) is 0 Å². The van der Waals surface area contributed by atoms with Crippen molar-refractivity contribution in [3.63, 3.8) is 0 Å². The van der Waals surface area contributed by atoms with Crippen molar-refractivity contribution in [3.05, 3.63) is 94.4 Å². The van der Waals surface area contributed by atoms with Gasteiger partial charge in [-0.2, -0.15) is 0 Å². The predicted octanol–water partition coefficient (Wildman–Crippen LogP) is 5.17. The van der Waals surface area contributed by atoms with Gasteiger partial charge in [-0.05, 0) is 52.4 Å². The first-order chi connectivity index (χ1) is 15.3. The van der Waals surface area contributed by atoms with Crippen LogP contribution in [0.5, 0.6) is 0 Å². The molecule has 1 aromatic carbocycles. The van der Waals surface area contributed by atoms with Crippen LogP contribution in [0.1, 0.15) is 37.6 Å². The van der Waals surface area contributed by atoms with Crippen LogP contribution in [0.25, 0.3) is 34.3 Å². The van der Waals surface area contributed by atoms with Gasteiger partial charge in [0.1, 0.15) is 0 Å². The summed E-state index contributed by atoms with van der Waals surface area (Å²) in [6, 6.07) is 14.4. The smallest absolute Gasteiger partial charge is 0.301 e. The maximum Gasteiger partial charge on any atom is 0.333 e. The molecule has 0 amide bonds. The second kappa shape index (κ2) is 7.45. The minimum Gasteiger partial charge on any atom is -0.301 e. The molecule has 1 aliphatic rings. The highest BCUT2D eigenvalue weighted by atomic mass is 16.1. The third-order valence-corrected chi connectivity index (χ3v) is 6.01. The maximum absolute atomic E-state index is 13.0. The van der Waals surface area contributed by atoms with Crippen LogP contribution >= 0.6 is 0 Å². The Bertz CT molecular complexity index is 1400. The molecule has 3 heterocycles. The lowest BCUT2D eigenvalue weighted by atomic mass is 9.87. The minimum atomic E-state index is -0.0972. The largest absolute Gasteiger partial charge is 0.333 e. The van der Waals surface area contributed by atoms with Crippen molar-refractivity contribution in [3.8, 4) is 28.2 Å². The van der Waals surface area contributed by atoms with Gasteiger partial charge in [-0.3, -0.25) is 14.5 Å². The Morgan fingerprint density at radius 2 is 1.75 bits per heavy atom. The lowest BCUT2D eigenvalue weighted by Gasteiger charge is -2.19. The van der Waals surface area contributed by atoms with Gasteiger partial charge in [-0.1, -0.05) is 45.1 Å². The first kappa shape index (κ1) is 20.2. The van der Waals surface area contributed by atoms with Gasteiger partial charge >= 0.3 is 5.69 Å². The zero-order chi connectivity index (χ0) is 22.5. The van der Waals surface area contributed by atoms with Crippen LogP contribution in [0.4, 0.5) is 0 Å². The molecule has 0 atom stereocenters. The van der Waals surface area contributed by atoms with Crippen LogP contribution in [0, 0.1) is 0 Å². The number of benzene rings is 1. The second-order valence-corrected chi connectivity index (χ2v) is 9.34. The molecule has 0 fully saturated rings. The molecule has 0 aliphatic heterocycles. The Kier molecular flexibility index (Phi) is 4.70. The summed E-state index contributed by atoms with van der Waals surface area (Å²) in [5.74, 6) is 0. The number of hydrogen-bond donors (Lipinski definition) is 0. The van der Waals surface area contributed by atoms with Crippen LogP contribution < -0.4 is 5.69 Å². The maximum atomic E-state index is 13.0. The number of aromatic nitrogens is 4. The first-order valence-corrected chi connectivity index (χ1v) is 10.8. The van der Waals surface area contributed by atoms with Crippen molar-refractivity contribution >= 4 is 6.08 Å². The highest BCUT2D eigenvalue weighted by Crippen LogP contribution is 2.29. The zero-order valence-electron chi connectivity index (χ0n) is 18.8. The van der Waals surface area contributed by atoms with Gasteiger partial charge in [0, 0.05) is 37.6 Å². The third kappa shape index (κ3) is 3.50. The number of fused-ring (bicyclic) bond motifs is 1.